The van der Waals surface area contributed by atoms with E-state index in [1.807, 2.05) is 27.7 Å². The third-order valence-electron chi connectivity index (χ3n) is 8.03. The molecular weight excluding hydrogens is 396 g/mol. The van der Waals surface area contributed by atoms with Gasteiger partial charge in [-0.2, -0.15) is 0 Å². The van der Waals surface area contributed by atoms with E-state index in [1.54, 1.807) is 45.9 Å². The summed E-state index contributed by atoms with van der Waals surface area (Å²) in [7, 11) is 0. The van der Waals surface area contributed by atoms with Gasteiger partial charge in [-0.15, -0.1) is 0 Å². The molecule has 0 saturated heterocycles. The first-order chi connectivity index (χ1) is 14.3. The molecule has 0 aliphatic heterocycles. The number of aliphatic hydroxyl groups excluding tert-OH is 1. The first-order valence-corrected chi connectivity index (χ1v) is 10.9. The number of carbonyl (C=O) groups excluding carboxylic acids is 3. The lowest BCUT2D eigenvalue weighted by atomic mass is 9.37. The Morgan fingerprint density at radius 1 is 0.968 bits per heavy atom. The summed E-state index contributed by atoms with van der Waals surface area (Å²) in [5.74, 6) is -1.69. The molecule has 4 aliphatic carbocycles. The van der Waals surface area contributed by atoms with E-state index in [2.05, 4.69) is 0 Å². The van der Waals surface area contributed by atoms with Gasteiger partial charge in [-0.3, -0.25) is 4.79 Å². The maximum atomic E-state index is 13.1. The Balaban J connectivity index is 2.13. The first-order valence-electron chi connectivity index (χ1n) is 10.9. The van der Waals surface area contributed by atoms with Crippen LogP contribution in [0.3, 0.4) is 0 Å². The lowest BCUT2D eigenvalue weighted by molar-refractivity contribution is -0.208. The number of ketones is 1. The topological polar surface area (TPSA) is 89.9 Å². The number of hydrogen-bond acceptors (Lipinski definition) is 6. The van der Waals surface area contributed by atoms with Crippen molar-refractivity contribution >= 4 is 17.7 Å². The third kappa shape index (κ3) is 3.22. The molecule has 4 rings (SSSR count). The summed E-state index contributed by atoms with van der Waals surface area (Å²) in [6.45, 7) is 14.5. The van der Waals surface area contributed by atoms with E-state index in [0.717, 1.165) is 5.57 Å². The van der Waals surface area contributed by atoms with Crippen LogP contribution >= 0.6 is 0 Å². The Morgan fingerprint density at radius 2 is 1.45 bits per heavy atom. The van der Waals surface area contributed by atoms with Gasteiger partial charge in [0.1, 0.15) is 18.3 Å². The Kier molecular flexibility index (Phi) is 5.85. The molecule has 0 aromatic carbocycles. The number of allylic oxidation sites excluding steroid dienone is 4. The van der Waals surface area contributed by atoms with Crippen LogP contribution in [-0.4, -0.2) is 41.1 Å². The molecule has 6 nitrogen and oxygen atoms in total. The van der Waals surface area contributed by atoms with Crippen LogP contribution in [0.25, 0.3) is 0 Å². The second-order valence-corrected chi connectivity index (χ2v) is 10.0. The van der Waals surface area contributed by atoms with Crippen molar-refractivity contribution in [3.8, 4) is 0 Å². The molecule has 0 aromatic heterocycles. The lowest BCUT2D eigenvalue weighted by Gasteiger charge is -2.65. The van der Waals surface area contributed by atoms with E-state index in [0.29, 0.717) is 11.1 Å². The molecule has 6 heteroatoms. The number of hydrogen-bond donors (Lipinski definition) is 1. The molecule has 0 unspecified atom stereocenters. The van der Waals surface area contributed by atoms with E-state index in [1.165, 1.54) is 0 Å². The largest absolute Gasteiger partial charge is 0.456 e. The van der Waals surface area contributed by atoms with Crippen molar-refractivity contribution in [2.75, 3.05) is 0 Å². The third-order valence-corrected chi connectivity index (χ3v) is 8.03. The Hall–Kier alpha value is -2.21. The second-order valence-electron chi connectivity index (χ2n) is 10.0. The molecule has 31 heavy (non-hydrogen) atoms. The summed E-state index contributed by atoms with van der Waals surface area (Å²) in [4.78, 5) is 38.5. The van der Waals surface area contributed by atoms with Crippen molar-refractivity contribution in [2.24, 2.45) is 28.6 Å². The van der Waals surface area contributed by atoms with Crippen molar-refractivity contribution in [1.82, 2.24) is 0 Å². The van der Waals surface area contributed by atoms with Gasteiger partial charge in [0.15, 0.2) is 5.78 Å². The minimum Gasteiger partial charge on any atom is -0.456 e. The van der Waals surface area contributed by atoms with Gasteiger partial charge in [-0.1, -0.05) is 38.5 Å². The van der Waals surface area contributed by atoms with Crippen LogP contribution in [-0.2, 0) is 23.9 Å². The van der Waals surface area contributed by atoms with Crippen molar-refractivity contribution in [1.29, 1.82) is 0 Å². The van der Waals surface area contributed by atoms with Crippen LogP contribution < -0.4 is 0 Å². The zero-order valence-electron chi connectivity index (χ0n) is 19.7. The minimum atomic E-state index is -1.27. The smallest absolute Gasteiger partial charge is 0.333 e. The fourth-order valence-electron chi connectivity index (χ4n) is 6.14. The van der Waals surface area contributed by atoms with Crippen LogP contribution in [0.2, 0.25) is 0 Å². The predicted molar refractivity (Wildman–Crippen MR) is 116 cm³/mol. The normalized spacial score (nSPS) is 39.1. The van der Waals surface area contributed by atoms with Gasteiger partial charge in [-0.25, -0.2) is 9.59 Å². The van der Waals surface area contributed by atoms with Gasteiger partial charge < -0.3 is 14.6 Å². The van der Waals surface area contributed by atoms with E-state index >= 15 is 0 Å². The van der Waals surface area contributed by atoms with E-state index < -0.39 is 47.0 Å². The van der Waals surface area contributed by atoms with Crippen molar-refractivity contribution < 1.29 is 29.0 Å². The van der Waals surface area contributed by atoms with Crippen LogP contribution in [0.15, 0.2) is 34.9 Å². The molecule has 0 radical (unpaired) electrons. The van der Waals surface area contributed by atoms with Crippen molar-refractivity contribution in [3.63, 3.8) is 0 Å². The molecule has 0 amide bonds. The summed E-state index contributed by atoms with van der Waals surface area (Å²) in [6.07, 6.45) is 1.78. The highest BCUT2D eigenvalue weighted by atomic mass is 16.6. The number of esters is 2. The number of rotatable bonds is 4. The van der Waals surface area contributed by atoms with E-state index in [4.69, 9.17) is 9.47 Å². The SMILES string of the molecule is C/C=C(/C)C(=O)O[C@@H]1[C@@H](O)[C@@H](OC(=O)/C(C)=C\C)[C@@]2(C)[C@@H]3C(=O)C=C(C)[C@H]2[C@@H]3C1(C)C. The number of fused-ring (bicyclic) bond motifs is 3. The molecule has 4 aliphatic rings. The Bertz CT molecular complexity index is 907. The highest BCUT2D eigenvalue weighted by Gasteiger charge is 2.76. The summed E-state index contributed by atoms with van der Waals surface area (Å²) in [5, 5.41) is 11.5. The first kappa shape index (κ1) is 23.5. The second kappa shape index (κ2) is 7.73. The Morgan fingerprint density at radius 3 is 1.90 bits per heavy atom. The number of aliphatic hydroxyl groups is 1. The van der Waals surface area contributed by atoms with Crippen LogP contribution in [0.1, 0.15) is 55.4 Å². The molecule has 1 N–H and O–H groups in total. The monoisotopic (exact) mass is 430 g/mol. The van der Waals surface area contributed by atoms with Gasteiger partial charge >= 0.3 is 11.9 Å². The van der Waals surface area contributed by atoms with Gasteiger partial charge in [0.2, 0.25) is 0 Å². The summed E-state index contributed by atoms with van der Waals surface area (Å²) in [6, 6.07) is 0. The average Bonchev–Trinajstić information content (AvgIpc) is 2.78. The Labute approximate surface area is 184 Å². The van der Waals surface area contributed by atoms with Gasteiger partial charge in [-0.05, 0) is 52.5 Å². The molecule has 0 spiro atoms. The summed E-state index contributed by atoms with van der Waals surface area (Å²) < 4.78 is 11.7. The van der Waals surface area contributed by atoms with Crippen LogP contribution in [0.5, 0.6) is 0 Å². The molecular formula is C25H34O6. The predicted octanol–water partition coefficient (Wildman–Crippen LogP) is 3.54. The summed E-state index contributed by atoms with van der Waals surface area (Å²) in [5.41, 5.74) is 0.284. The maximum Gasteiger partial charge on any atom is 0.333 e. The molecule has 3 fully saturated rings. The molecule has 4 bridgehead atoms. The molecule has 0 heterocycles. The summed E-state index contributed by atoms with van der Waals surface area (Å²) >= 11 is 0. The molecule has 3 saturated carbocycles. The van der Waals surface area contributed by atoms with Gasteiger partial charge in [0, 0.05) is 27.9 Å². The molecule has 170 valence electrons. The zero-order chi connectivity index (χ0) is 23.5. The van der Waals surface area contributed by atoms with E-state index in [9.17, 15) is 19.5 Å². The van der Waals surface area contributed by atoms with Crippen molar-refractivity contribution in [3.05, 3.63) is 34.9 Å². The maximum absolute atomic E-state index is 13.1. The van der Waals surface area contributed by atoms with Gasteiger partial charge in [0.25, 0.3) is 0 Å². The van der Waals surface area contributed by atoms with E-state index in [-0.39, 0.29) is 17.6 Å². The quantitative estimate of drug-likeness (QED) is 0.542. The fraction of sp³-hybridized carbons (Fsp3) is 0.640. The molecule has 7 atom stereocenters. The highest BCUT2D eigenvalue weighted by molar-refractivity contribution is 5.97. The zero-order valence-corrected chi connectivity index (χ0v) is 19.7. The number of carbonyl (C=O) groups is 3. The van der Waals surface area contributed by atoms with Gasteiger partial charge in [0.05, 0.1) is 0 Å². The number of ether oxygens (including phenoxy) is 2. The standard InChI is InChI=1S/C25H34O6/c1-9-12(3)22(28)30-20-19(27)21(31-23(29)13(4)10-2)25(8)16-14(5)11-15(26)17(25)18(16)24(20,6)7/h9-11,16-21,27H,1-8H3/b12-9-,13-10-/t16-,17+,18-,19+,20+,21+,25+/m0/s1. The minimum absolute atomic E-state index is 0.0202. The van der Waals surface area contributed by atoms with Crippen LogP contribution in [0, 0.1) is 28.6 Å². The average molecular weight is 431 g/mol. The van der Waals surface area contributed by atoms with Crippen molar-refractivity contribution in [2.45, 2.75) is 73.7 Å². The lowest BCUT2D eigenvalue weighted by Crippen LogP contribution is -2.68. The highest BCUT2D eigenvalue weighted by Crippen LogP contribution is 2.72. The molecule has 0 aromatic rings. The van der Waals surface area contributed by atoms with Crippen LogP contribution in [0.4, 0.5) is 0 Å². The fourth-order valence-corrected chi connectivity index (χ4v) is 6.14.